The second kappa shape index (κ2) is 11.3. The van der Waals surface area contributed by atoms with Crippen molar-refractivity contribution < 1.29 is 31.5 Å². The molecule has 124 valence electrons. The maximum Gasteiger partial charge on any atom is 0.484 e. The number of phosphoric ester groups is 2. The van der Waals surface area contributed by atoms with Crippen molar-refractivity contribution in [2.45, 2.75) is 26.7 Å². The maximum atomic E-state index is 12.4. The van der Waals surface area contributed by atoms with Gasteiger partial charge in [0.15, 0.2) is 0 Å². The lowest BCUT2D eigenvalue weighted by molar-refractivity contribution is 0.119. The van der Waals surface area contributed by atoms with Gasteiger partial charge in [0.05, 0.1) is 26.4 Å². The summed E-state index contributed by atoms with van der Waals surface area (Å²) in [7, 11) is -8.15. The molecule has 0 N–H and O–H groups in total. The zero-order valence-corrected chi connectivity index (χ0v) is 14.4. The van der Waals surface area contributed by atoms with E-state index in [4.69, 9.17) is 22.4 Å². The summed E-state index contributed by atoms with van der Waals surface area (Å²) in [6, 6.07) is 0. The van der Waals surface area contributed by atoms with Gasteiger partial charge in [-0.1, -0.05) is 26.0 Å². The third-order valence-electron chi connectivity index (χ3n) is 1.81. The number of hydrogen-bond donors (Lipinski definition) is 0. The third-order valence-corrected chi connectivity index (χ3v) is 5.34. The van der Waals surface area contributed by atoms with Crippen molar-refractivity contribution in [2.24, 2.45) is 0 Å². The molecule has 0 spiro atoms. The van der Waals surface area contributed by atoms with E-state index in [1.807, 2.05) is 13.8 Å². The van der Waals surface area contributed by atoms with E-state index in [-0.39, 0.29) is 26.4 Å². The van der Waals surface area contributed by atoms with Crippen LogP contribution in [0.5, 0.6) is 0 Å². The van der Waals surface area contributed by atoms with Crippen LogP contribution in [0.1, 0.15) is 26.7 Å². The van der Waals surface area contributed by atoms with Gasteiger partial charge in [-0.15, -0.1) is 13.2 Å². The van der Waals surface area contributed by atoms with E-state index in [2.05, 4.69) is 13.2 Å². The zero-order chi connectivity index (χ0) is 16.2. The largest absolute Gasteiger partial charge is 0.484 e. The number of phosphoric acid groups is 2. The Morgan fingerprint density at radius 2 is 1.19 bits per heavy atom. The monoisotopic (exact) mass is 342 g/mol. The lowest BCUT2D eigenvalue weighted by atomic mass is 10.5. The van der Waals surface area contributed by atoms with Crippen molar-refractivity contribution in [2.75, 3.05) is 26.4 Å². The highest BCUT2D eigenvalue weighted by atomic mass is 31.3. The molecule has 0 heterocycles. The van der Waals surface area contributed by atoms with E-state index < -0.39 is 15.6 Å². The molecule has 0 rings (SSSR count). The second-order valence-corrected chi connectivity index (χ2v) is 7.29. The minimum absolute atomic E-state index is 0.0871. The summed E-state index contributed by atoms with van der Waals surface area (Å²) in [4.78, 5) is 0. The number of hydrogen-bond acceptors (Lipinski definition) is 7. The van der Waals surface area contributed by atoms with Crippen LogP contribution in [-0.4, -0.2) is 26.4 Å². The van der Waals surface area contributed by atoms with E-state index in [0.29, 0.717) is 12.8 Å². The van der Waals surface area contributed by atoms with Crippen LogP contribution >= 0.6 is 15.6 Å². The molecular formula is C12H24O7P2. The van der Waals surface area contributed by atoms with Crippen LogP contribution in [-0.2, 0) is 31.5 Å². The van der Waals surface area contributed by atoms with Gasteiger partial charge in [0.2, 0.25) is 0 Å². The Balaban J connectivity index is 4.98. The van der Waals surface area contributed by atoms with Gasteiger partial charge < -0.3 is 0 Å². The van der Waals surface area contributed by atoms with E-state index in [1.54, 1.807) is 0 Å². The summed E-state index contributed by atoms with van der Waals surface area (Å²) in [5.41, 5.74) is 0. The minimum Gasteiger partial charge on any atom is -0.287 e. The molecule has 21 heavy (non-hydrogen) atoms. The molecule has 0 aliphatic carbocycles. The van der Waals surface area contributed by atoms with Gasteiger partial charge in [-0.2, -0.15) is 4.31 Å². The van der Waals surface area contributed by atoms with Gasteiger partial charge in [-0.3, -0.25) is 18.1 Å². The fraction of sp³-hybridized carbons (Fsp3) is 0.667. The first-order valence-electron chi connectivity index (χ1n) is 6.66. The van der Waals surface area contributed by atoms with Crippen molar-refractivity contribution in [3.05, 3.63) is 25.3 Å². The second-order valence-electron chi connectivity index (χ2n) is 3.81. The lowest BCUT2D eigenvalue weighted by Gasteiger charge is -2.22. The van der Waals surface area contributed by atoms with Gasteiger partial charge in [0.25, 0.3) is 0 Å². The molecule has 9 heteroatoms. The summed E-state index contributed by atoms with van der Waals surface area (Å²) in [6.07, 6.45) is 3.90. The average Bonchev–Trinajstić information content (AvgIpc) is 2.47. The molecule has 0 radical (unpaired) electrons. The molecule has 2 atom stereocenters. The quantitative estimate of drug-likeness (QED) is 0.340. The Hall–Kier alpha value is -0.260. The molecule has 2 unspecified atom stereocenters. The van der Waals surface area contributed by atoms with Crippen LogP contribution in [0.15, 0.2) is 25.3 Å². The highest BCUT2D eigenvalue weighted by molar-refractivity contribution is 7.62. The fourth-order valence-corrected chi connectivity index (χ4v) is 4.26. The first-order valence-corrected chi connectivity index (χ1v) is 9.58. The first-order chi connectivity index (χ1) is 9.95. The Kier molecular flexibility index (Phi) is 11.2. The standard InChI is InChI=1S/C12H24O7P2/c1-5-9-15-20(13,16-10-6-2)19-21(14,17-11-7-3)18-12-8-4/h5,7H,1,3,6,8-12H2,2,4H3. The molecule has 0 aliphatic rings. The van der Waals surface area contributed by atoms with Crippen LogP contribution in [0, 0.1) is 0 Å². The van der Waals surface area contributed by atoms with Crippen LogP contribution in [0.25, 0.3) is 0 Å². The zero-order valence-electron chi connectivity index (χ0n) is 12.6. The van der Waals surface area contributed by atoms with Crippen LogP contribution < -0.4 is 0 Å². The molecule has 0 aromatic rings. The lowest BCUT2D eigenvalue weighted by Crippen LogP contribution is -2.05. The van der Waals surface area contributed by atoms with Gasteiger partial charge >= 0.3 is 15.6 Å². The SMILES string of the molecule is C=CCOP(=O)(OCCC)OP(=O)(OCC=C)OCCC. The van der Waals surface area contributed by atoms with Crippen LogP contribution in [0.2, 0.25) is 0 Å². The maximum absolute atomic E-state index is 12.4. The molecule has 0 aromatic carbocycles. The normalized spacial score (nSPS) is 16.9. The average molecular weight is 342 g/mol. The van der Waals surface area contributed by atoms with E-state index in [1.165, 1.54) is 12.2 Å². The highest BCUT2D eigenvalue weighted by Crippen LogP contribution is 2.66. The molecule has 0 aromatic heterocycles. The summed E-state index contributed by atoms with van der Waals surface area (Å²) in [5.74, 6) is 0. The molecule has 0 amide bonds. The summed E-state index contributed by atoms with van der Waals surface area (Å²) >= 11 is 0. The molecule has 7 nitrogen and oxygen atoms in total. The van der Waals surface area contributed by atoms with Crippen molar-refractivity contribution in [3.8, 4) is 0 Å². The van der Waals surface area contributed by atoms with Crippen LogP contribution in [0.3, 0.4) is 0 Å². The molecule has 0 fully saturated rings. The van der Waals surface area contributed by atoms with E-state index >= 15 is 0 Å². The van der Waals surface area contributed by atoms with E-state index in [0.717, 1.165) is 0 Å². The van der Waals surface area contributed by atoms with Crippen LogP contribution in [0.4, 0.5) is 0 Å². The highest BCUT2D eigenvalue weighted by Gasteiger charge is 2.40. The molecule has 0 aliphatic heterocycles. The van der Waals surface area contributed by atoms with Gasteiger partial charge in [-0.25, -0.2) is 9.13 Å². The molecule has 0 saturated heterocycles. The predicted octanol–water partition coefficient (Wildman–Crippen LogP) is 4.48. The summed E-state index contributed by atoms with van der Waals surface area (Å²) in [6.45, 7) is 10.6. The van der Waals surface area contributed by atoms with Crippen molar-refractivity contribution >= 4 is 15.6 Å². The first kappa shape index (κ1) is 20.7. The topological polar surface area (TPSA) is 80.3 Å². The number of rotatable bonds is 14. The molecule has 0 bridgehead atoms. The Morgan fingerprint density at radius 3 is 1.48 bits per heavy atom. The fourth-order valence-electron chi connectivity index (χ4n) is 0.985. The summed E-state index contributed by atoms with van der Waals surface area (Å²) in [5, 5.41) is 0. The van der Waals surface area contributed by atoms with Crippen molar-refractivity contribution in [1.82, 2.24) is 0 Å². The van der Waals surface area contributed by atoms with Gasteiger partial charge in [-0.05, 0) is 12.8 Å². The van der Waals surface area contributed by atoms with Gasteiger partial charge in [0.1, 0.15) is 0 Å². The smallest absolute Gasteiger partial charge is 0.287 e. The minimum atomic E-state index is -4.07. The van der Waals surface area contributed by atoms with Crippen molar-refractivity contribution in [3.63, 3.8) is 0 Å². The predicted molar refractivity (Wildman–Crippen MR) is 81.1 cm³/mol. The molecular weight excluding hydrogens is 318 g/mol. The summed E-state index contributed by atoms with van der Waals surface area (Å²) < 4.78 is 49.8. The van der Waals surface area contributed by atoms with E-state index in [9.17, 15) is 9.13 Å². The molecule has 0 saturated carbocycles. The Bertz CT molecular complexity index is 361. The van der Waals surface area contributed by atoms with Crippen molar-refractivity contribution in [1.29, 1.82) is 0 Å². The Morgan fingerprint density at radius 1 is 0.810 bits per heavy atom. The Labute approximate surface area is 126 Å². The van der Waals surface area contributed by atoms with Gasteiger partial charge in [0, 0.05) is 0 Å². The third kappa shape index (κ3) is 9.38.